The molecule has 0 aliphatic carbocycles. The lowest BCUT2D eigenvalue weighted by Crippen LogP contribution is -2.18. The minimum absolute atomic E-state index is 0.233. The van der Waals surface area contributed by atoms with Crippen LogP contribution in [0.15, 0.2) is 60.1 Å². The van der Waals surface area contributed by atoms with Gasteiger partial charge in [0.25, 0.3) is 17.5 Å². The molecular weight excluding hydrogens is 525 g/mol. The van der Waals surface area contributed by atoms with E-state index in [9.17, 15) is 18.0 Å². The first-order valence-electron chi connectivity index (χ1n) is 12.2. The van der Waals surface area contributed by atoms with Gasteiger partial charge in [-0.05, 0) is 48.4 Å². The number of amides is 1. The van der Waals surface area contributed by atoms with Gasteiger partial charge in [-0.2, -0.15) is 28.1 Å². The third-order valence-corrected chi connectivity index (χ3v) is 6.38. The molecule has 202 valence electrons. The van der Waals surface area contributed by atoms with Crippen molar-refractivity contribution in [1.29, 1.82) is 0 Å². The van der Waals surface area contributed by atoms with Crippen LogP contribution in [-0.4, -0.2) is 46.7 Å². The lowest BCUT2D eigenvalue weighted by Gasteiger charge is -2.19. The van der Waals surface area contributed by atoms with Gasteiger partial charge in [-0.1, -0.05) is 6.07 Å². The van der Waals surface area contributed by atoms with E-state index in [-0.39, 0.29) is 17.3 Å². The molecule has 0 radical (unpaired) electrons. The normalized spacial score (nSPS) is 13.4. The number of fused-ring (bicyclic) bond motifs is 3. The predicted molar refractivity (Wildman–Crippen MR) is 139 cm³/mol. The molecule has 14 heteroatoms. The lowest BCUT2D eigenvalue weighted by atomic mass is 9.98. The minimum Gasteiger partial charge on any atom is -0.369 e. The fourth-order valence-electron chi connectivity index (χ4n) is 4.50. The standard InChI is InChI=1S/C26H21F3N10O/c1-14-3-4-17(34-23(40)20-10-16(5-6-30-20)26(27,28)29)11-18(14)19-9-15-12-32-24(36-25-33-13-38(2)37-25)35-21(15)39-8-7-31-22(19)39/h3-6,9-13,31H,7-8H2,1-2H3,(H,34,40)/b36-24-. The van der Waals surface area contributed by atoms with Gasteiger partial charge in [0.1, 0.15) is 23.7 Å². The number of carbonyl (C=O) groups excluding carboxylic acids is 1. The number of rotatable bonds is 4. The van der Waals surface area contributed by atoms with E-state index in [2.05, 4.69) is 40.7 Å². The van der Waals surface area contributed by atoms with E-state index in [0.29, 0.717) is 24.6 Å². The van der Waals surface area contributed by atoms with Crippen LogP contribution in [0.5, 0.6) is 0 Å². The van der Waals surface area contributed by atoms with Gasteiger partial charge in [0.05, 0.1) is 5.56 Å². The summed E-state index contributed by atoms with van der Waals surface area (Å²) in [6.45, 7) is 3.28. The van der Waals surface area contributed by atoms with Crippen molar-refractivity contribution in [1.82, 2.24) is 34.3 Å². The smallest absolute Gasteiger partial charge is 0.369 e. The Labute approximate surface area is 224 Å². The highest BCUT2D eigenvalue weighted by atomic mass is 19.4. The van der Waals surface area contributed by atoms with Crippen LogP contribution in [0.4, 0.5) is 30.6 Å². The zero-order chi connectivity index (χ0) is 28.0. The van der Waals surface area contributed by atoms with Crippen molar-refractivity contribution in [2.75, 3.05) is 17.2 Å². The molecule has 1 amide bonds. The number of benzene rings is 1. The van der Waals surface area contributed by atoms with E-state index in [1.165, 1.54) is 11.0 Å². The van der Waals surface area contributed by atoms with Gasteiger partial charge in [0.15, 0.2) is 0 Å². The number of pyridine rings is 2. The van der Waals surface area contributed by atoms with E-state index >= 15 is 0 Å². The van der Waals surface area contributed by atoms with E-state index in [0.717, 1.165) is 46.4 Å². The number of aryl methyl sites for hydroxylation is 2. The topological polar surface area (TPSA) is 128 Å². The molecule has 0 spiro atoms. The summed E-state index contributed by atoms with van der Waals surface area (Å²) in [4.78, 5) is 34.0. The maximum absolute atomic E-state index is 13.1. The van der Waals surface area contributed by atoms with Gasteiger partial charge in [-0.3, -0.25) is 14.5 Å². The van der Waals surface area contributed by atoms with E-state index in [4.69, 9.17) is 0 Å². The molecule has 0 unspecified atom stereocenters. The second kappa shape index (κ2) is 9.55. The molecule has 6 rings (SSSR count). The van der Waals surface area contributed by atoms with Crippen LogP contribution in [0.2, 0.25) is 0 Å². The van der Waals surface area contributed by atoms with E-state index < -0.39 is 17.6 Å². The number of nitrogens with one attached hydrogen (secondary N) is 2. The van der Waals surface area contributed by atoms with Crippen LogP contribution >= 0.6 is 0 Å². The Morgan fingerprint density at radius 1 is 1.10 bits per heavy atom. The molecule has 2 aromatic heterocycles. The molecule has 0 bridgehead atoms. The average molecular weight is 547 g/mol. The first kappa shape index (κ1) is 25.2. The van der Waals surface area contributed by atoms with Crippen LogP contribution in [0.3, 0.4) is 0 Å². The molecule has 0 saturated heterocycles. The van der Waals surface area contributed by atoms with E-state index in [1.807, 2.05) is 23.6 Å². The maximum Gasteiger partial charge on any atom is 0.416 e. The number of alkyl halides is 3. The van der Waals surface area contributed by atoms with Crippen molar-refractivity contribution < 1.29 is 18.0 Å². The molecule has 0 atom stereocenters. The Morgan fingerprint density at radius 3 is 2.73 bits per heavy atom. The molecule has 3 aromatic rings. The van der Waals surface area contributed by atoms with Gasteiger partial charge >= 0.3 is 6.18 Å². The second-order valence-electron chi connectivity index (χ2n) is 9.18. The molecule has 40 heavy (non-hydrogen) atoms. The fourth-order valence-corrected chi connectivity index (χ4v) is 4.50. The van der Waals surface area contributed by atoms with Crippen molar-refractivity contribution in [3.8, 4) is 22.5 Å². The summed E-state index contributed by atoms with van der Waals surface area (Å²) in [5.74, 6) is 1.03. The molecule has 0 saturated carbocycles. The zero-order valence-corrected chi connectivity index (χ0v) is 21.2. The van der Waals surface area contributed by atoms with Crippen molar-refractivity contribution in [3.05, 3.63) is 77.6 Å². The molecule has 3 aliphatic rings. The van der Waals surface area contributed by atoms with Gasteiger partial charge in [0.2, 0.25) is 0 Å². The highest BCUT2D eigenvalue weighted by Gasteiger charge is 2.31. The number of halogens is 3. The molecule has 0 fully saturated rings. The molecule has 1 aromatic carbocycles. The van der Waals surface area contributed by atoms with Gasteiger partial charge in [-0.25, -0.2) is 4.98 Å². The average Bonchev–Trinajstić information content (AvgIpc) is 3.58. The molecule has 11 nitrogen and oxygen atoms in total. The van der Waals surface area contributed by atoms with Crippen LogP contribution in [0.25, 0.3) is 22.5 Å². The lowest BCUT2D eigenvalue weighted by molar-refractivity contribution is -0.137. The van der Waals surface area contributed by atoms with Crippen LogP contribution in [-0.2, 0) is 19.8 Å². The van der Waals surface area contributed by atoms with E-state index in [1.54, 1.807) is 25.4 Å². The summed E-state index contributed by atoms with van der Waals surface area (Å²) in [6, 6.07) is 8.80. The highest BCUT2D eigenvalue weighted by Crippen LogP contribution is 2.39. The third kappa shape index (κ3) is 4.74. The molecular formula is C26H21F3N10O. The summed E-state index contributed by atoms with van der Waals surface area (Å²) in [5, 5.41) is 10.2. The Morgan fingerprint density at radius 2 is 1.95 bits per heavy atom. The van der Waals surface area contributed by atoms with Gasteiger partial charge in [0, 0.05) is 49.3 Å². The molecule has 3 aliphatic heterocycles. The van der Waals surface area contributed by atoms with Crippen LogP contribution in [0, 0.1) is 6.92 Å². The number of aromatic nitrogens is 7. The minimum atomic E-state index is -4.58. The Balaban J connectivity index is 1.37. The quantitative estimate of drug-likeness (QED) is 0.351. The Kier molecular flexibility index (Phi) is 6.01. The molecule has 5 heterocycles. The van der Waals surface area contributed by atoms with Crippen molar-refractivity contribution in [2.24, 2.45) is 12.0 Å². The van der Waals surface area contributed by atoms with Crippen molar-refractivity contribution in [2.45, 2.75) is 19.6 Å². The summed E-state index contributed by atoms with van der Waals surface area (Å²) in [5.41, 5.74) is 2.75. The number of hydrogen-bond donors (Lipinski definition) is 2. The number of hydrogen-bond acceptors (Lipinski definition) is 8. The maximum atomic E-state index is 13.1. The highest BCUT2D eigenvalue weighted by molar-refractivity contribution is 6.03. The van der Waals surface area contributed by atoms with Crippen LogP contribution < -0.4 is 16.3 Å². The number of anilines is 2. The van der Waals surface area contributed by atoms with Crippen molar-refractivity contribution in [3.63, 3.8) is 0 Å². The molecule has 2 N–H and O–H groups in total. The second-order valence-corrected chi connectivity index (χ2v) is 9.18. The van der Waals surface area contributed by atoms with Crippen molar-refractivity contribution >= 4 is 23.4 Å². The summed E-state index contributed by atoms with van der Waals surface area (Å²) >= 11 is 0. The fraction of sp³-hybridized carbons (Fsp3) is 0.192. The first-order chi connectivity index (χ1) is 19.2. The SMILES string of the molecule is Cc1ccc(NC(=O)c2cc(C(F)(F)F)ccn2)cc1-c1cc2cn/c(=N/c3ncn(C)n3)nc-2n2c1NCC2. The van der Waals surface area contributed by atoms with Gasteiger partial charge < -0.3 is 15.2 Å². The number of nitrogens with zero attached hydrogens (tertiary/aromatic N) is 8. The largest absolute Gasteiger partial charge is 0.416 e. The Hall–Kier alpha value is -5.14. The van der Waals surface area contributed by atoms with Gasteiger partial charge in [-0.15, -0.1) is 5.10 Å². The Bertz CT molecular complexity index is 1810. The summed E-state index contributed by atoms with van der Waals surface area (Å²) in [7, 11) is 1.74. The monoisotopic (exact) mass is 546 g/mol. The number of carbonyl (C=O) groups is 1. The first-order valence-corrected chi connectivity index (χ1v) is 12.2. The zero-order valence-electron chi connectivity index (χ0n) is 21.2. The van der Waals surface area contributed by atoms with Crippen LogP contribution in [0.1, 0.15) is 21.6 Å². The predicted octanol–water partition coefficient (Wildman–Crippen LogP) is 3.81. The summed E-state index contributed by atoms with van der Waals surface area (Å²) in [6.07, 6.45) is -0.395. The summed E-state index contributed by atoms with van der Waals surface area (Å²) < 4.78 is 42.9. The third-order valence-electron chi connectivity index (χ3n) is 6.38.